The largest absolute Gasteiger partial charge is 0.295 e. The lowest BCUT2D eigenvalue weighted by Crippen LogP contribution is -2.30. The first-order chi connectivity index (χ1) is 7.14. The van der Waals surface area contributed by atoms with Crippen LogP contribution in [0, 0.1) is 5.92 Å². The van der Waals surface area contributed by atoms with Crippen molar-refractivity contribution in [1.82, 2.24) is 5.32 Å². The number of carbonyl (C=O) groups is 2. The lowest BCUT2D eigenvalue weighted by atomic mass is 9.94. The molecule has 1 aliphatic heterocycles. The molecule has 0 aromatic heterocycles. The van der Waals surface area contributed by atoms with Crippen molar-refractivity contribution in [3.8, 4) is 0 Å². The zero-order chi connectivity index (χ0) is 10.6. The standard InChI is InChI=1S/C11H8ClNO2/c12-7-3-1-6(2-4-7)11-5-8(11)9(14)13-10(11)15/h1-4,8H,5H2,(H,13,14,15)/t8-,11+/m1/s1. The summed E-state index contributed by atoms with van der Waals surface area (Å²) in [6.07, 6.45) is 0.638. The van der Waals surface area contributed by atoms with Gasteiger partial charge in [0.2, 0.25) is 11.8 Å². The van der Waals surface area contributed by atoms with Gasteiger partial charge in [0, 0.05) is 5.02 Å². The molecule has 1 aliphatic carbocycles. The van der Waals surface area contributed by atoms with Crippen molar-refractivity contribution in [3.05, 3.63) is 34.9 Å². The Bertz CT molecular complexity index is 468. The number of fused-ring (bicyclic) bond motifs is 1. The first-order valence-electron chi connectivity index (χ1n) is 4.76. The molecule has 1 heterocycles. The van der Waals surface area contributed by atoms with Gasteiger partial charge in [0.25, 0.3) is 0 Å². The molecule has 0 radical (unpaired) electrons. The minimum atomic E-state index is -0.582. The SMILES string of the molecule is O=C1NC(=O)[C@]2(c3ccc(Cl)cc3)C[C@H]12. The van der Waals surface area contributed by atoms with Crippen LogP contribution in [0.3, 0.4) is 0 Å². The molecule has 0 spiro atoms. The molecule has 4 heteroatoms. The highest BCUT2D eigenvalue weighted by atomic mass is 35.5. The predicted octanol–water partition coefficient (Wildman–Crippen LogP) is 1.25. The fourth-order valence-electron chi connectivity index (χ4n) is 2.34. The van der Waals surface area contributed by atoms with Crippen LogP contribution in [-0.2, 0) is 15.0 Å². The molecule has 2 fully saturated rings. The molecule has 1 N–H and O–H groups in total. The van der Waals surface area contributed by atoms with Crippen LogP contribution < -0.4 is 5.32 Å². The topological polar surface area (TPSA) is 46.2 Å². The van der Waals surface area contributed by atoms with E-state index in [1.807, 2.05) is 12.1 Å². The molecule has 0 unspecified atom stereocenters. The molecule has 2 amide bonds. The van der Waals surface area contributed by atoms with E-state index in [9.17, 15) is 9.59 Å². The molecule has 15 heavy (non-hydrogen) atoms. The van der Waals surface area contributed by atoms with Gasteiger partial charge in [-0.05, 0) is 24.1 Å². The zero-order valence-electron chi connectivity index (χ0n) is 7.79. The summed E-state index contributed by atoms with van der Waals surface area (Å²) in [5.74, 6) is -0.471. The predicted molar refractivity (Wildman–Crippen MR) is 54.4 cm³/mol. The quantitative estimate of drug-likeness (QED) is 0.726. The summed E-state index contributed by atoms with van der Waals surface area (Å²) >= 11 is 5.77. The molecule has 2 atom stereocenters. The maximum Gasteiger partial charge on any atom is 0.238 e. The van der Waals surface area contributed by atoms with Gasteiger partial charge in [-0.25, -0.2) is 0 Å². The van der Waals surface area contributed by atoms with Crippen molar-refractivity contribution in [3.63, 3.8) is 0 Å². The van der Waals surface area contributed by atoms with E-state index >= 15 is 0 Å². The first-order valence-corrected chi connectivity index (χ1v) is 5.14. The maximum absolute atomic E-state index is 11.7. The summed E-state index contributed by atoms with van der Waals surface area (Å²) in [5, 5.41) is 3.00. The van der Waals surface area contributed by atoms with Crippen LogP contribution in [0.4, 0.5) is 0 Å². The second-order valence-electron chi connectivity index (χ2n) is 4.05. The second kappa shape index (κ2) is 2.61. The van der Waals surface area contributed by atoms with E-state index in [0.29, 0.717) is 11.4 Å². The van der Waals surface area contributed by atoms with Crippen molar-refractivity contribution in [2.24, 2.45) is 5.92 Å². The van der Waals surface area contributed by atoms with Crippen LogP contribution in [0.2, 0.25) is 5.02 Å². The smallest absolute Gasteiger partial charge is 0.238 e. The number of imide groups is 1. The van der Waals surface area contributed by atoms with Gasteiger partial charge in [0.05, 0.1) is 11.3 Å². The van der Waals surface area contributed by atoms with Gasteiger partial charge in [-0.15, -0.1) is 0 Å². The van der Waals surface area contributed by atoms with Crippen LogP contribution in [0.15, 0.2) is 24.3 Å². The number of amides is 2. The first kappa shape index (κ1) is 8.92. The molecule has 1 aromatic carbocycles. The fraction of sp³-hybridized carbons (Fsp3) is 0.273. The summed E-state index contributed by atoms with van der Waals surface area (Å²) in [5.41, 5.74) is 0.307. The highest BCUT2D eigenvalue weighted by molar-refractivity contribution is 6.30. The highest BCUT2D eigenvalue weighted by Crippen LogP contribution is 2.57. The van der Waals surface area contributed by atoms with Crippen molar-refractivity contribution >= 4 is 23.4 Å². The Morgan fingerprint density at radius 2 is 1.93 bits per heavy atom. The molecule has 1 saturated heterocycles. The van der Waals surface area contributed by atoms with Gasteiger partial charge in [-0.3, -0.25) is 14.9 Å². The van der Waals surface area contributed by atoms with Crippen LogP contribution in [-0.4, -0.2) is 11.8 Å². The molecule has 2 aliphatic rings. The molecule has 3 rings (SSSR count). The zero-order valence-corrected chi connectivity index (χ0v) is 8.54. The van der Waals surface area contributed by atoms with E-state index in [4.69, 9.17) is 11.6 Å². The number of hydrogen-bond acceptors (Lipinski definition) is 2. The van der Waals surface area contributed by atoms with E-state index in [1.165, 1.54) is 0 Å². The lowest BCUT2D eigenvalue weighted by molar-refractivity contribution is -0.127. The van der Waals surface area contributed by atoms with E-state index in [1.54, 1.807) is 12.1 Å². The summed E-state index contributed by atoms with van der Waals surface area (Å²) in [6, 6.07) is 7.13. The fourth-order valence-corrected chi connectivity index (χ4v) is 2.46. The van der Waals surface area contributed by atoms with Gasteiger partial charge < -0.3 is 0 Å². The number of halogens is 1. The van der Waals surface area contributed by atoms with Crippen molar-refractivity contribution < 1.29 is 9.59 Å². The lowest BCUT2D eigenvalue weighted by Gasteiger charge is -2.09. The van der Waals surface area contributed by atoms with Gasteiger partial charge in [0.15, 0.2) is 0 Å². The maximum atomic E-state index is 11.7. The van der Waals surface area contributed by atoms with Crippen LogP contribution in [0.25, 0.3) is 0 Å². The Balaban J connectivity index is 2.06. The third-order valence-electron chi connectivity index (χ3n) is 3.28. The van der Waals surface area contributed by atoms with E-state index in [-0.39, 0.29) is 17.7 Å². The summed E-state index contributed by atoms with van der Waals surface area (Å²) in [7, 11) is 0. The van der Waals surface area contributed by atoms with Gasteiger partial charge >= 0.3 is 0 Å². The van der Waals surface area contributed by atoms with Crippen LogP contribution in [0.1, 0.15) is 12.0 Å². The monoisotopic (exact) mass is 221 g/mol. The van der Waals surface area contributed by atoms with Gasteiger partial charge in [0.1, 0.15) is 0 Å². The van der Waals surface area contributed by atoms with Crippen molar-refractivity contribution in [2.45, 2.75) is 11.8 Å². The normalized spacial score (nSPS) is 32.5. The number of piperidine rings is 1. The van der Waals surface area contributed by atoms with E-state index in [2.05, 4.69) is 5.32 Å². The second-order valence-corrected chi connectivity index (χ2v) is 4.49. The number of hydrogen-bond donors (Lipinski definition) is 1. The molecule has 1 aromatic rings. The van der Waals surface area contributed by atoms with Crippen molar-refractivity contribution in [2.75, 3.05) is 0 Å². The van der Waals surface area contributed by atoms with Crippen molar-refractivity contribution in [1.29, 1.82) is 0 Å². The number of benzene rings is 1. The Hall–Kier alpha value is -1.35. The van der Waals surface area contributed by atoms with Gasteiger partial charge in [-0.2, -0.15) is 0 Å². The minimum Gasteiger partial charge on any atom is -0.295 e. The minimum absolute atomic E-state index is 0.144. The number of carbonyl (C=O) groups excluding carboxylic acids is 2. The Kier molecular flexibility index (Phi) is 1.55. The Morgan fingerprint density at radius 1 is 1.27 bits per heavy atom. The molecule has 1 saturated carbocycles. The number of nitrogens with one attached hydrogen (secondary N) is 1. The molecular weight excluding hydrogens is 214 g/mol. The average Bonchev–Trinajstić information content (AvgIpc) is 2.90. The summed E-state index contributed by atoms with van der Waals surface area (Å²) in [6.45, 7) is 0. The average molecular weight is 222 g/mol. The van der Waals surface area contributed by atoms with E-state index < -0.39 is 5.41 Å². The molecule has 3 nitrogen and oxygen atoms in total. The van der Waals surface area contributed by atoms with Gasteiger partial charge in [-0.1, -0.05) is 23.7 Å². The summed E-state index contributed by atoms with van der Waals surface area (Å²) < 4.78 is 0. The van der Waals surface area contributed by atoms with Crippen LogP contribution in [0.5, 0.6) is 0 Å². The third kappa shape index (κ3) is 1.01. The summed E-state index contributed by atoms with van der Waals surface area (Å²) in [4.78, 5) is 23.0. The van der Waals surface area contributed by atoms with Crippen LogP contribution >= 0.6 is 11.6 Å². The number of rotatable bonds is 1. The molecular formula is C11H8ClNO2. The highest BCUT2D eigenvalue weighted by Gasteiger charge is 2.69. The Labute approximate surface area is 91.4 Å². The van der Waals surface area contributed by atoms with E-state index in [0.717, 1.165) is 5.56 Å². The molecule has 0 bridgehead atoms. The molecule has 76 valence electrons. The third-order valence-corrected chi connectivity index (χ3v) is 3.53. The Morgan fingerprint density at radius 3 is 2.40 bits per heavy atom.